The molecule has 0 radical (unpaired) electrons. The molecule has 37 heavy (non-hydrogen) atoms. The molecule has 9 nitrogen and oxygen atoms in total. The zero-order chi connectivity index (χ0) is 26.0. The smallest absolute Gasteiger partial charge is 0.405 e. The van der Waals surface area contributed by atoms with Gasteiger partial charge in [-0.15, -0.1) is 0 Å². The summed E-state index contributed by atoms with van der Waals surface area (Å²) >= 11 is 0. The van der Waals surface area contributed by atoms with E-state index >= 15 is 0 Å². The maximum atomic E-state index is 12.5. The van der Waals surface area contributed by atoms with E-state index in [0.29, 0.717) is 17.3 Å². The Kier molecular flexibility index (Phi) is 6.43. The molecule has 4 N–H and O–H groups in total. The van der Waals surface area contributed by atoms with Gasteiger partial charge in [0.05, 0.1) is 11.2 Å². The van der Waals surface area contributed by atoms with Crippen molar-refractivity contribution in [2.75, 3.05) is 11.9 Å². The van der Waals surface area contributed by atoms with Crippen LogP contribution in [-0.4, -0.2) is 41.0 Å². The summed E-state index contributed by atoms with van der Waals surface area (Å²) in [4.78, 5) is 27.2. The van der Waals surface area contributed by atoms with Crippen LogP contribution in [0.4, 0.5) is 19.3 Å². The number of hydrogen-bond donors (Lipinski definition) is 4. The molecule has 1 aliphatic carbocycles. The maximum Gasteiger partial charge on any atom is 0.405 e. The number of halogens is 2. The van der Waals surface area contributed by atoms with E-state index in [1.54, 1.807) is 5.43 Å². The van der Waals surface area contributed by atoms with Crippen molar-refractivity contribution in [3.63, 3.8) is 0 Å². The minimum absolute atomic E-state index is 0.101. The quantitative estimate of drug-likeness (QED) is 0.363. The van der Waals surface area contributed by atoms with Gasteiger partial charge < -0.3 is 20.5 Å². The third kappa shape index (κ3) is 4.92. The van der Waals surface area contributed by atoms with Gasteiger partial charge >= 0.3 is 18.4 Å². The van der Waals surface area contributed by atoms with Gasteiger partial charge in [-0.25, -0.2) is 15.2 Å². The molecule has 3 aromatic rings. The number of pyridine rings is 1. The molecule has 2 heterocycles. The molecular weight excluding hydrogens is 484 g/mol. The van der Waals surface area contributed by atoms with Crippen molar-refractivity contribution in [3.05, 3.63) is 66.2 Å². The van der Waals surface area contributed by atoms with E-state index in [-0.39, 0.29) is 12.4 Å². The molecule has 0 unspecified atom stereocenters. The van der Waals surface area contributed by atoms with E-state index in [0.717, 1.165) is 41.5 Å². The Hall–Kier alpha value is -4.54. The largest absolute Gasteiger partial charge is 0.468 e. The van der Waals surface area contributed by atoms with Crippen molar-refractivity contribution >= 4 is 23.5 Å². The number of carbonyl (C=O) groups excluding carboxylic acids is 1. The number of benzene rings is 2. The summed E-state index contributed by atoms with van der Waals surface area (Å²) < 4.78 is 30.6. The maximum absolute atomic E-state index is 12.5. The number of amides is 2. The van der Waals surface area contributed by atoms with Crippen LogP contribution in [0.3, 0.4) is 0 Å². The number of nitrogens with one attached hydrogen (secondary N) is 3. The van der Waals surface area contributed by atoms with Crippen LogP contribution in [0, 0.1) is 0 Å². The number of fused-ring (bicyclic) bond motifs is 1. The Balaban J connectivity index is 1.50. The van der Waals surface area contributed by atoms with Gasteiger partial charge in [0.2, 0.25) is 5.88 Å². The molecule has 0 spiro atoms. The average Bonchev–Trinajstić information content (AvgIpc) is 2.89. The number of hydrogen-bond acceptors (Lipinski definition) is 5. The average molecular weight is 507 g/mol. The number of ether oxygens (including phenoxy) is 1. The van der Waals surface area contributed by atoms with Gasteiger partial charge in [0.25, 0.3) is 0 Å². The van der Waals surface area contributed by atoms with E-state index in [4.69, 9.17) is 9.72 Å². The highest BCUT2D eigenvalue weighted by atomic mass is 19.3. The fourth-order valence-corrected chi connectivity index (χ4v) is 4.48. The number of rotatable bonds is 6. The lowest BCUT2D eigenvalue weighted by Gasteiger charge is -2.42. The normalized spacial score (nSPS) is 16.7. The monoisotopic (exact) mass is 507 g/mol. The third-order valence-electron chi connectivity index (χ3n) is 6.46. The van der Waals surface area contributed by atoms with Gasteiger partial charge in [0, 0.05) is 11.1 Å². The van der Waals surface area contributed by atoms with E-state index in [2.05, 4.69) is 15.7 Å². The highest BCUT2D eigenvalue weighted by Gasteiger charge is 2.40. The van der Waals surface area contributed by atoms with Crippen LogP contribution < -0.4 is 20.8 Å². The SMILES string of the molecule is O=C(O)NC1(c2ccc(-c3nc4c(cc3-c3ccccc3)NC(=NNC(=O)C(F)F)CO4)cc2)CCC1. The van der Waals surface area contributed by atoms with Crippen molar-refractivity contribution in [1.29, 1.82) is 0 Å². The van der Waals surface area contributed by atoms with Gasteiger partial charge in [0.1, 0.15) is 12.3 Å². The topological polar surface area (TPSA) is 125 Å². The molecule has 0 saturated heterocycles. The predicted molar refractivity (Wildman–Crippen MR) is 132 cm³/mol. The Bertz CT molecular complexity index is 1360. The van der Waals surface area contributed by atoms with Crippen LogP contribution in [0.15, 0.2) is 65.8 Å². The minimum Gasteiger partial charge on any atom is -0.468 e. The fraction of sp³-hybridized carbons (Fsp3) is 0.231. The summed E-state index contributed by atoms with van der Waals surface area (Å²) in [5.74, 6) is -1.07. The van der Waals surface area contributed by atoms with Crippen LogP contribution in [0.25, 0.3) is 22.4 Å². The Morgan fingerprint density at radius 2 is 1.81 bits per heavy atom. The number of nitrogens with zero attached hydrogens (tertiary/aromatic N) is 2. The van der Waals surface area contributed by atoms with Gasteiger partial charge in [-0.2, -0.15) is 13.9 Å². The van der Waals surface area contributed by atoms with Gasteiger partial charge in [-0.05, 0) is 36.5 Å². The molecule has 1 aromatic heterocycles. The van der Waals surface area contributed by atoms with Crippen LogP contribution in [-0.2, 0) is 10.3 Å². The Morgan fingerprint density at radius 1 is 1.08 bits per heavy atom. The molecule has 2 amide bonds. The molecule has 190 valence electrons. The van der Waals surface area contributed by atoms with Crippen LogP contribution >= 0.6 is 0 Å². The van der Waals surface area contributed by atoms with Crippen LogP contribution in [0.1, 0.15) is 24.8 Å². The van der Waals surface area contributed by atoms with Crippen molar-refractivity contribution in [1.82, 2.24) is 15.7 Å². The zero-order valence-electron chi connectivity index (χ0n) is 19.5. The minimum atomic E-state index is -3.18. The van der Waals surface area contributed by atoms with Gasteiger partial charge in [0.15, 0.2) is 5.84 Å². The van der Waals surface area contributed by atoms with Gasteiger partial charge in [-0.1, -0.05) is 54.6 Å². The summed E-state index contributed by atoms with van der Waals surface area (Å²) in [6.45, 7) is -0.101. The second kappa shape index (κ2) is 9.84. The zero-order valence-corrected chi connectivity index (χ0v) is 19.5. The third-order valence-corrected chi connectivity index (χ3v) is 6.46. The molecule has 1 saturated carbocycles. The molecule has 2 aliphatic rings. The van der Waals surface area contributed by atoms with Crippen LogP contribution in [0.2, 0.25) is 0 Å². The summed E-state index contributed by atoms with van der Waals surface area (Å²) in [6, 6.07) is 19.0. The van der Waals surface area contributed by atoms with Crippen molar-refractivity contribution in [2.45, 2.75) is 31.2 Å². The summed E-state index contributed by atoms with van der Waals surface area (Å²) in [5.41, 5.74) is 5.72. The lowest BCUT2D eigenvalue weighted by Crippen LogP contribution is -2.50. The summed E-state index contributed by atoms with van der Waals surface area (Å²) in [6.07, 6.45) is -1.79. The number of carboxylic acid groups (broad SMARTS) is 1. The molecule has 11 heteroatoms. The number of alkyl halides is 2. The first-order valence-electron chi connectivity index (χ1n) is 11.6. The number of hydrazone groups is 1. The predicted octanol–water partition coefficient (Wildman–Crippen LogP) is 4.56. The van der Waals surface area contributed by atoms with E-state index < -0.39 is 24.0 Å². The highest BCUT2D eigenvalue weighted by molar-refractivity contribution is 6.01. The molecule has 2 aromatic carbocycles. The van der Waals surface area contributed by atoms with E-state index in [9.17, 15) is 23.5 Å². The van der Waals surface area contributed by atoms with Crippen LogP contribution in [0.5, 0.6) is 5.88 Å². The van der Waals surface area contributed by atoms with Crippen molar-refractivity contribution < 1.29 is 28.2 Å². The van der Waals surface area contributed by atoms with E-state index in [1.165, 1.54) is 0 Å². The van der Waals surface area contributed by atoms with Crippen molar-refractivity contribution in [2.24, 2.45) is 5.10 Å². The molecular formula is C26H23F2N5O4. The first-order valence-corrected chi connectivity index (χ1v) is 11.6. The van der Waals surface area contributed by atoms with E-state index in [1.807, 2.05) is 60.7 Å². The summed E-state index contributed by atoms with van der Waals surface area (Å²) in [5, 5.41) is 18.6. The molecule has 1 aliphatic heterocycles. The molecule has 1 fully saturated rings. The lowest BCUT2D eigenvalue weighted by atomic mass is 9.71. The molecule has 0 bridgehead atoms. The Labute approximate surface area is 210 Å². The fourth-order valence-electron chi connectivity index (χ4n) is 4.48. The second-order valence-electron chi connectivity index (χ2n) is 8.80. The van der Waals surface area contributed by atoms with Gasteiger partial charge in [-0.3, -0.25) is 4.79 Å². The van der Waals surface area contributed by atoms with Crippen molar-refractivity contribution in [3.8, 4) is 28.3 Å². The number of carbonyl (C=O) groups is 2. The lowest BCUT2D eigenvalue weighted by molar-refractivity contribution is -0.131. The summed E-state index contributed by atoms with van der Waals surface area (Å²) in [7, 11) is 0. The molecule has 0 atom stereocenters. The number of anilines is 1. The highest BCUT2D eigenvalue weighted by Crippen LogP contribution is 2.43. The molecule has 5 rings (SSSR count). The first kappa shape index (κ1) is 24.2. The second-order valence-corrected chi connectivity index (χ2v) is 8.80. The standard InChI is InChI=1S/C26H23F2N5O4/c27-22(28)23(34)33-32-20-14-37-24-19(29-20)13-18(15-5-2-1-3-6-15)21(30-24)16-7-9-17(10-8-16)26(11-4-12-26)31-25(35)36/h1-3,5-10,13,22,31H,4,11-12,14H2,(H,29,32)(H,33,34)(H,35,36). The Morgan fingerprint density at radius 3 is 2.43 bits per heavy atom. The number of aromatic nitrogens is 1. The number of amidine groups is 1. The first-order chi connectivity index (χ1) is 17.8.